The van der Waals surface area contributed by atoms with Crippen LogP contribution in [0.4, 0.5) is 16.2 Å². The third kappa shape index (κ3) is 7.67. The summed E-state index contributed by atoms with van der Waals surface area (Å²) < 4.78 is 39.9. The van der Waals surface area contributed by atoms with E-state index in [4.69, 9.17) is 9.47 Å². The summed E-state index contributed by atoms with van der Waals surface area (Å²) in [6.45, 7) is 3.65. The van der Waals surface area contributed by atoms with Crippen molar-refractivity contribution in [1.82, 2.24) is 9.21 Å². The summed E-state index contributed by atoms with van der Waals surface area (Å²) in [6, 6.07) is 23.7. The molecule has 11 nitrogen and oxygen atoms in total. The number of hydrogen-bond acceptors (Lipinski definition) is 7. The lowest BCUT2D eigenvalue weighted by molar-refractivity contribution is -0.134. The van der Waals surface area contributed by atoms with Crippen molar-refractivity contribution in [2.75, 3.05) is 44.5 Å². The zero-order valence-corrected chi connectivity index (χ0v) is 27.7. The Balaban J connectivity index is 1.40. The molecule has 4 aromatic rings. The molecule has 1 aliphatic rings. The standard InChI is InChI=1S/C35H40N4O7S/c1-23-20-39(24(2)22-40)34(41)19-26-18-27(36-35(42)37-31-11-7-9-25-8-5-6-10-30(25)31)12-17-32(26)46-33(23)21-38(3)47(43,44)29-15-13-28(45-4)14-16-29/h5-18,23-24,33,40H,19-22H2,1-4H3,(H2,36,37,42)/t23-,24+,33-/m1/s1. The smallest absolute Gasteiger partial charge is 0.323 e. The predicted octanol–water partition coefficient (Wildman–Crippen LogP) is 4.96. The number of rotatable bonds is 9. The molecule has 0 unspecified atom stereocenters. The van der Waals surface area contributed by atoms with E-state index in [1.54, 1.807) is 42.2 Å². The van der Waals surface area contributed by atoms with E-state index in [1.807, 2.05) is 49.4 Å². The molecular formula is C35H40N4O7S. The van der Waals surface area contributed by atoms with Gasteiger partial charge in [0.05, 0.1) is 43.3 Å². The fourth-order valence-corrected chi connectivity index (χ4v) is 6.81. The topological polar surface area (TPSA) is 138 Å². The lowest BCUT2D eigenvalue weighted by Gasteiger charge is -2.33. The highest BCUT2D eigenvalue weighted by molar-refractivity contribution is 7.89. The van der Waals surface area contributed by atoms with Gasteiger partial charge in [-0.25, -0.2) is 13.2 Å². The second kappa shape index (κ2) is 14.4. The molecule has 3 N–H and O–H groups in total. The van der Waals surface area contributed by atoms with Gasteiger partial charge in [0.25, 0.3) is 0 Å². The number of carbonyl (C=O) groups excluding carboxylic acids is 2. The zero-order valence-electron chi connectivity index (χ0n) is 26.8. The quantitative estimate of drug-likeness (QED) is 0.231. The van der Waals surface area contributed by atoms with Gasteiger partial charge in [-0.2, -0.15) is 4.31 Å². The number of nitrogens with one attached hydrogen (secondary N) is 2. The van der Waals surface area contributed by atoms with Gasteiger partial charge >= 0.3 is 6.03 Å². The number of sulfonamides is 1. The molecule has 0 saturated heterocycles. The second-order valence-electron chi connectivity index (χ2n) is 11.8. The highest BCUT2D eigenvalue weighted by atomic mass is 32.2. The maximum Gasteiger partial charge on any atom is 0.323 e. The maximum atomic E-state index is 13.6. The molecule has 5 rings (SSSR count). The van der Waals surface area contributed by atoms with Crippen LogP contribution in [-0.4, -0.2) is 80.7 Å². The fraction of sp³-hybridized carbons (Fsp3) is 0.314. The number of urea groups is 1. The number of ether oxygens (including phenoxy) is 2. The first-order valence-electron chi connectivity index (χ1n) is 15.4. The van der Waals surface area contributed by atoms with Crippen LogP contribution in [0, 0.1) is 5.92 Å². The number of hydrogen-bond donors (Lipinski definition) is 3. The van der Waals surface area contributed by atoms with Crippen molar-refractivity contribution in [3.05, 3.63) is 90.5 Å². The summed E-state index contributed by atoms with van der Waals surface area (Å²) in [7, 11) is -0.877. The SMILES string of the molecule is COc1ccc(S(=O)(=O)N(C)C[C@H]2Oc3ccc(NC(=O)Nc4cccc5ccccc45)cc3CC(=O)N([C@@H](C)CO)C[C@H]2C)cc1. The van der Waals surface area contributed by atoms with Gasteiger partial charge in [-0.05, 0) is 60.8 Å². The largest absolute Gasteiger partial charge is 0.497 e. The van der Waals surface area contributed by atoms with Crippen molar-refractivity contribution < 1.29 is 32.6 Å². The Morgan fingerprint density at radius 3 is 2.51 bits per heavy atom. The van der Waals surface area contributed by atoms with Crippen molar-refractivity contribution in [3.8, 4) is 11.5 Å². The number of nitrogens with zero attached hydrogens (tertiary/aromatic N) is 2. The molecule has 4 aromatic carbocycles. The average molecular weight is 661 g/mol. The van der Waals surface area contributed by atoms with Crippen LogP contribution in [0.1, 0.15) is 19.4 Å². The van der Waals surface area contributed by atoms with Crippen molar-refractivity contribution in [3.63, 3.8) is 0 Å². The zero-order chi connectivity index (χ0) is 33.7. The summed E-state index contributed by atoms with van der Waals surface area (Å²) in [4.78, 5) is 28.4. The van der Waals surface area contributed by atoms with Crippen molar-refractivity contribution >= 4 is 44.1 Å². The van der Waals surface area contributed by atoms with Crippen LogP contribution < -0.4 is 20.1 Å². The third-order valence-electron chi connectivity index (χ3n) is 8.42. The van der Waals surface area contributed by atoms with Gasteiger partial charge in [0.2, 0.25) is 15.9 Å². The molecule has 0 aliphatic carbocycles. The maximum absolute atomic E-state index is 13.6. The fourth-order valence-electron chi connectivity index (χ4n) is 5.62. The lowest BCUT2D eigenvalue weighted by atomic mass is 10.0. The monoisotopic (exact) mass is 660 g/mol. The molecule has 0 bridgehead atoms. The molecular weight excluding hydrogens is 620 g/mol. The van der Waals surface area contributed by atoms with E-state index >= 15 is 0 Å². The normalized spacial score (nSPS) is 17.6. The number of fused-ring (bicyclic) bond motifs is 2. The molecule has 1 heterocycles. The van der Waals surface area contributed by atoms with E-state index in [-0.39, 0.29) is 42.8 Å². The molecule has 0 radical (unpaired) electrons. The minimum absolute atomic E-state index is 0.00204. The Morgan fingerprint density at radius 1 is 1.06 bits per heavy atom. The summed E-state index contributed by atoms with van der Waals surface area (Å²) in [6.07, 6.45) is -0.695. The first-order chi connectivity index (χ1) is 22.5. The molecule has 0 fully saturated rings. The second-order valence-corrected chi connectivity index (χ2v) is 13.8. The van der Waals surface area contributed by atoms with Crippen LogP contribution >= 0.6 is 0 Å². The predicted molar refractivity (Wildman–Crippen MR) is 181 cm³/mol. The summed E-state index contributed by atoms with van der Waals surface area (Å²) >= 11 is 0. The number of methoxy groups -OCH3 is 1. The minimum atomic E-state index is -3.88. The number of amides is 3. The van der Waals surface area contributed by atoms with E-state index in [0.717, 1.165) is 10.8 Å². The van der Waals surface area contributed by atoms with E-state index in [0.29, 0.717) is 28.4 Å². The number of likely N-dealkylation sites (N-methyl/N-ethyl adjacent to an activating group) is 1. The van der Waals surface area contributed by atoms with E-state index in [9.17, 15) is 23.1 Å². The first kappa shape index (κ1) is 33.7. The highest BCUT2D eigenvalue weighted by Gasteiger charge is 2.33. The Labute approximate surface area is 275 Å². The number of aliphatic hydroxyl groups is 1. The van der Waals surface area contributed by atoms with Crippen molar-refractivity contribution in [1.29, 1.82) is 0 Å². The summed E-state index contributed by atoms with van der Waals surface area (Å²) in [5, 5.41) is 17.6. The van der Waals surface area contributed by atoms with Crippen molar-refractivity contribution in [2.45, 2.75) is 37.3 Å². The Bertz CT molecular complexity index is 1840. The average Bonchev–Trinajstić information content (AvgIpc) is 3.11. The van der Waals surface area contributed by atoms with Gasteiger partial charge < -0.3 is 30.1 Å². The molecule has 3 amide bonds. The van der Waals surface area contributed by atoms with E-state index in [2.05, 4.69) is 10.6 Å². The molecule has 0 saturated carbocycles. The number of aliphatic hydroxyl groups excluding tert-OH is 1. The molecule has 12 heteroatoms. The van der Waals surface area contributed by atoms with E-state index < -0.39 is 28.2 Å². The number of benzene rings is 4. The first-order valence-corrected chi connectivity index (χ1v) is 16.8. The number of carbonyl (C=O) groups is 2. The number of anilines is 2. The van der Waals surface area contributed by atoms with Crippen molar-refractivity contribution in [2.24, 2.45) is 5.92 Å². The van der Waals surface area contributed by atoms with Gasteiger partial charge in [-0.1, -0.05) is 43.3 Å². The van der Waals surface area contributed by atoms with Crippen LogP contribution in [-0.2, 0) is 21.2 Å². The molecule has 47 heavy (non-hydrogen) atoms. The van der Waals surface area contributed by atoms with Gasteiger partial charge in [0.1, 0.15) is 17.6 Å². The van der Waals surface area contributed by atoms with Gasteiger partial charge in [0, 0.05) is 36.1 Å². The molecule has 0 spiro atoms. The Kier molecular flexibility index (Phi) is 10.3. The summed E-state index contributed by atoms with van der Waals surface area (Å²) in [5.41, 5.74) is 1.62. The van der Waals surface area contributed by atoms with Crippen LogP contribution in [0.2, 0.25) is 0 Å². The molecule has 1 aliphatic heterocycles. The molecule has 248 valence electrons. The van der Waals surface area contributed by atoms with E-state index in [1.165, 1.54) is 30.6 Å². The Morgan fingerprint density at radius 2 is 1.79 bits per heavy atom. The lowest BCUT2D eigenvalue weighted by Crippen LogP contribution is -2.48. The van der Waals surface area contributed by atoms with Gasteiger partial charge in [-0.15, -0.1) is 0 Å². The van der Waals surface area contributed by atoms with Crippen LogP contribution in [0.25, 0.3) is 10.8 Å². The van der Waals surface area contributed by atoms with Crippen LogP contribution in [0.5, 0.6) is 11.5 Å². The van der Waals surface area contributed by atoms with Crippen LogP contribution in [0.15, 0.2) is 89.8 Å². The molecule has 0 aromatic heterocycles. The minimum Gasteiger partial charge on any atom is -0.497 e. The van der Waals surface area contributed by atoms with Gasteiger partial charge in [-0.3, -0.25) is 4.79 Å². The third-order valence-corrected chi connectivity index (χ3v) is 10.3. The highest BCUT2D eigenvalue weighted by Crippen LogP contribution is 2.30. The molecule has 3 atom stereocenters. The summed E-state index contributed by atoms with van der Waals surface area (Å²) in [5.74, 6) is 0.417. The van der Waals surface area contributed by atoms with Crippen LogP contribution in [0.3, 0.4) is 0 Å². The van der Waals surface area contributed by atoms with Gasteiger partial charge in [0.15, 0.2) is 0 Å². The Hall–Kier alpha value is -4.65.